The van der Waals surface area contributed by atoms with Gasteiger partial charge in [0.15, 0.2) is 0 Å². The molecule has 1 aliphatic heterocycles. The molecule has 1 fully saturated rings. The number of thiazole rings is 1. The van der Waals surface area contributed by atoms with Crippen molar-refractivity contribution in [3.63, 3.8) is 0 Å². The summed E-state index contributed by atoms with van der Waals surface area (Å²) in [4.78, 5) is 8.16. The van der Waals surface area contributed by atoms with E-state index in [1.165, 1.54) is 0 Å². The molecular weight excluding hydrogens is 399 g/mol. The van der Waals surface area contributed by atoms with Crippen LogP contribution in [-0.2, 0) is 0 Å². The molecule has 27 heavy (non-hydrogen) atoms. The van der Waals surface area contributed by atoms with Crippen LogP contribution in [0.5, 0.6) is 0 Å². The van der Waals surface area contributed by atoms with Crippen LogP contribution < -0.4 is 9.81 Å². The topological polar surface area (TPSA) is 23.8 Å². The predicted molar refractivity (Wildman–Crippen MR) is 115 cm³/mol. The van der Waals surface area contributed by atoms with Gasteiger partial charge in [-0.25, -0.2) is 9.67 Å². The minimum Gasteiger partial charge on any atom is -0.308 e. The van der Waals surface area contributed by atoms with E-state index >= 15 is 0 Å². The highest BCUT2D eigenvalue weighted by Crippen LogP contribution is 2.31. The van der Waals surface area contributed by atoms with Gasteiger partial charge in [-0.3, -0.25) is 0 Å². The molecule has 7 heteroatoms. The summed E-state index contributed by atoms with van der Waals surface area (Å²) < 4.78 is 2.21. The number of halogens is 2. The maximum Gasteiger partial charge on any atom is 0.209 e. The van der Waals surface area contributed by atoms with Crippen molar-refractivity contribution < 1.29 is 0 Å². The number of rotatable bonds is 3. The van der Waals surface area contributed by atoms with Gasteiger partial charge >= 0.3 is 0 Å². The highest BCUT2D eigenvalue weighted by Gasteiger charge is 2.20. The van der Waals surface area contributed by atoms with Gasteiger partial charge in [-0.1, -0.05) is 41.4 Å². The summed E-state index contributed by atoms with van der Waals surface area (Å²) >= 11 is 14.2. The van der Waals surface area contributed by atoms with Crippen molar-refractivity contribution in [2.24, 2.45) is 4.99 Å². The van der Waals surface area contributed by atoms with E-state index in [1.807, 2.05) is 42.5 Å². The summed E-state index contributed by atoms with van der Waals surface area (Å²) in [5.41, 5.74) is 2.95. The summed E-state index contributed by atoms with van der Waals surface area (Å²) in [5, 5.41) is 5.75. The predicted octanol–water partition coefficient (Wildman–Crippen LogP) is 4.64. The first-order valence-electron chi connectivity index (χ1n) is 8.81. The Bertz CT molecular complexity index is 989. The maximum absolute atomic E-state index is 6.52. The summed E-state index contributed by atoms with van der Waals surface area (Å²) in [7, 11) is 2.15. The molecule has 4 rings (SSSR count). The zero-order chi connectivity index (χ0) is 18.8. The van der Waals surface area contributed by atoms with Crippen molar-refractivity contribution in [1.29, 1.82) is 0 Å². The molecule has 0 atom stereocenters. The monoisotopic (exact) mass is 418 g/mol. The Labute approximate surface area is 172 Å². The molecule has 1 aliphatic rings. The van der Waals surface area contributed by atoms with Gasteiger partial charge in [0.05, 0.1) is 16.4 Å². The molecule has 0 radical (unpaired) electrons. The third-order valence-corrected chi connectivity index (χ3v) is 6.00. The molecule has 1 aromatic heterocycles. The van der Waals surface area contributed by atoms with E-state index in [0.29, 0.717) is 10.0 Å². The molecule has 0 spiro atoms. The van der Waals surface area contributed by atoms with Crippen LogP contribution in [0.1, 0.15) is 0 Å². The van der Waals surface area contributed by atoms with E-state index in [1.54, 1.807) is 17.4 Å². The minimum absolute atomic E-state index is 0.638. The van der Waals surface area contributed by atoms with Gasteiger partial charge in [-0.2, -0.15) is 0 Å². The smallest absolute Gasteiger partial charge is 0.209 e. The fourth-order valence-electron chi connectivity index (χ4n) is 3.14. The third kappa shape index (κ3) is 4.06. The second-order valence-corrected chi connectivity index (χ2v) is 8.22. The summed E-state index contributed by atoms with van der Waals surface area (Å²) in [5.74, 6) is 0. The van der Waals surface area contributed by atoms with Crippen LogP contribution in [0.2, 0.25) is 10.0 Å². The lowest BCUT2D eigenvalue weighted by molar-refractivity contribution is 0.287. The van der Waals surface area contributed by atoms with Crippen molar-refractivity contribution in [3.05, 3.63) is 68.8 Å². The second-order valence-electron chi connectivity index (χ2n) is 6.54. The Balaban J connectivity index is 1.85. The van der Waals surface area contributed by atoms with Crippen molar-refractivity contribution in [2.45, 2.75) is 0 Å². The van der Waals surface area contributed by atoms with Gasteiger partial charge in [-0.15, -0.1) is 11.3 Å². The van der Waals surface area contributed by atoms with Crippen LogP contribution >= 0.6 is 34.5 Å². The van der Waals surface area contributed by atoms with Crippen LogP contribution in [0.25, 0.3) is 11.3 Å². The molecule has 0 amide bonds. The van der Waals surface area contributed by atoms with Crippen molar-refractivity contribution >= 4 is 40.2 Å². The average Bonchev–Trinajstić information content (AvgIpc) is 3.06. The number of para-hydroxylation sites is 1. The fourth-order valence-corrected chi connectivity index (χ4v) is 4.56. The standard InChI is InChI=1S/C20H20Cl2N4S/c1-24-9-11-25(12-10-24)26-19(17-8-7-15(21)13-18(17)22)14-27-20(26)23-16-5-3-2-4-6-16/h2-8,13-14H,9-12H2,1H3. The lowest BCUT2D eigenvalue weighted by Gasteiger charge is -2.35. The fraction of sp³-hybridized carbons (Fsp3) is 0.250. The molecule has 0 unspecified atom stereocenters. The van der Waals surface area contributed by atoms with Gasteiger partial charge in [0.2, 0.25) is 4.80 Å². The lowest BCUT2D eigenvalue weighted by Crippen LogP contribution is -2.52. The number of likely N-dealkylation sites (N-methyl/N-ethyl adjacent to an activating group) is 1. The number of hydrogen-bond acceptors (Lipinski definition) is 4. The second kappa shape index (κ2) is 8.07. The van der Waals surface area contributed by atoms with E-state index in [2.05, 4.69) is 27.0 Å². The van der Waals surface area contributed by atoms with Gasteiger partial charge in [0.1, 0.15) is 0 Å². The van der Waals surface area contributed by atoms with Crippen molar-refractivity contribution in [2.75, 3.05) is 38.2 Å². The van der Waals surface area contributed by atoms with Crippen LogP contribution in [0.15, 0.2) is 58.9 Å². The van der Waals surface area contributed by atoms with Gasteiger partial charge < -0.3 is 9.91 Å². The summed E-state index contributed by atoms with van der Waals surface area (Å²) in [6.07, 6.45) is 0. The SMILES string of the molecule is CN1CCN(n2c(-c3ccc(Cl)cc3Cl)csc2=Nc2ccccc2)CC1. The Morgan fingerprint density at radius 3 is 2.41 bits per heavy atom. The van der Waals surface area contributed by atoms with E-state index < -0.39 is 0 Å². The van der Waals surface area contributed by atoms with E-state index in [-0.39, 0.29) is 0 Å². The molecule has 0 aliphatic carbocycles. The molecular formula is C20H20Cl2N4S. The van der Waals surface area contributed by atoms with Crippen LogP contribution in [0.4, 0.5) is 5.69 Å². The van der Waals surface area contributed by atoms with E-state index in [9.17, 15) is 0 Å². The number of piperazine rings is 1. The Morgan fingerprint density at radius 2 is 1.70 bits per heavy atom. The molecule has 0 saturated carbocycles. The highest BCUT2D eigenvalue weighted by atomic mass is 35.5. The minimum atomic E-state index is 0.638. The van der Waals surface area contributed by atoms with Gasteiger partial charge in [0, 0.05) is 42.1 Å². The first kappa shape index (κ1) is 18.6. The number of benzene rings is 2. The highest BCUT2D eigenvalue weighted by molar-refractivity contribution is 7.07. The number of aromatic nitrogens is 1. The quantitative estimate of drug-likeness (QED) is 0.618. The number of hydrogen-bond donors (Lipinski definition) is 0. The number of nitrogens with zero attached hydrogens (tertiary/aromatic N) is 4. The van der Waals surface area contributed by atoms with Gasteiger partial charge in [-0.05, 0) is 37.4 Å². The molecule has 2 aromatic carbocycles. The van der Waals surface area contributed by atoms with Crippen molar-refractivity contribution in [3.8, 4) is 11.3 Å². The lowest BCUT2D eigenvalue weighted by atomic mass is 10.2. The van der Waals surface area contributed by atoms with E-state index in [4.69, 9.17) is 28.2 Å². The average molecular weight is 419 g/mol. The van der Waals surface area contributed by atoms with Crippen LogP contribution in [0.3, 0.4) is 0 Å². The normalized spacial score (nSPS) is 16.1. The molecule has 3 aromatic rings. The van der Waals surface area contributed by atoms with Gasteiger partial charge in [0.25, 0.3) is 0 Å². The zero-order valence-corrected chi connectivity index (χ0v) is 17.3. The summed E-state index contributed by atoms with van der Waals surface area (Å²) in [6, 6.07) is 15.7. The molecule has 0 N–H and O–H groups in total. The largest absolute Gasteiger partial charge is 0.308 e. The first-order chi connectivity index (χ1) is 13.1. The third-order valence-electron chi connectivity index (χ3n) is 4.64. The van der Waals surface area contributed by atoms with Crippen LogP contribution in [-0.4, -0.2) is 42.8 Å². The molecule has 4 nitrogen and oxygen atoms in total. The first-order valence-corrected chi connectivity index (χ1v) is 10.4. The molecule has 1 saturated heterocycles. The van der Waals surface area contributed by atoms with Crippen molar-refractivity contribution in [1.82, 2.24) is 9.58 Å². The Kier molecular flexibility index (Phi) is 5.55. The Hall–Kier alpha value is -1.79. The van der Waals surface area contributed by atoms with E-state index in [0.717, 1.165) is 47.9 Å². The maximum atomic E-state index is 6.52. The molecule has 140 valence electrons. The molecule has 2 heterocycles. The molecule has 0 bridgehead atoms. The summed E-state index contributed by atoms with van der Waals surface area (Å²) in [6.45, 7) is 3.91. The van der Waals surface area contributed by atoms with Crippen LogP contribution in [0, 0.1) is 0 Å². The Morgan fingerprint density at radius 1 is 0.963 bits per heavy atom. The zero-order valence-electron chi connectivity index (χ0n) is 15.0.